The molecule has 2 bridgehead atoms. The molecule has 0 saturated heterocycles. The molecule has 2 rings (SSSR count). The van der Waals surface area contributed by atoms with Crippen molar-refractivity contribution < 1.29 is 9.90 Å². The molecule has 14 heavy (non-hydrogen) atoms. The number of fused-ring (bicyclic) bond motifs is 2. The summed E-state index contributed by atoms with van der Waals surface area (Å²) in [6, 6.07) is 0. The third-order valence-electron chi connectivity index (χ3n) is 2.11. The van der Waals surface area contributed by atoms with Gasteiger partial charge in [-0.3, -0.25) is 0 Å². The molecule has 0 saturated carbocycles. The van der Waals surface area contributed by atoms with Crippen molar-refractivity contribution in [2.45, 2.75) is 6.42 Å². The second-order valence-electron chi connectivity index (χ2n) is 3.09. The van der Waals surface area contributed by atoms with Gasteiger partial charge in [-0.15, -0.1) is 0 Å². The number of carboxylic acids is 1. The summed E-state index contributed by atoms with van der Waals surface area (Å²) >= 11 is 0. The monoisotopic (exact) mass is 187 g/mol. The lowest BCUT2D eigenvalue weighted by atomic mass is 10.0. The molecule has 0 atom stereocenters. The number of hydrogen-bond donors (Lipinski definition) is 1. The Labute approximate surface area is 81.5 Å². The number of aliphatic carboxylic acids is 1. The Kier molecular flexibility index (Phi) is 2.14. The Morgan fingerprint density at radius 3 is 2.93 bits per heavy atom. The SMILES string of the molecule is O=C(O)C1=NC=CC2=CC=CC=C1C2. The van der Waals surface area contributed by atoms with E-state index in [-0.39, 0.29) is 5.71 Å². The number of hydrogen-bond acceptors (Lipinski definition) is 2. The highest BCUT2D eigenvalue weighted by molar-refractivity contribution is 6.42. The minimum absolute atomic E-state index is 0.135. The smallest absolute Gasteiger partial charge is 0.354 e. The van der Waals surface area contributed by atoms with Crippen LogP contribution in [0.15, 0.2) is 52.7 Å². The lowest BCUT2D eigenvalue weighted by molar-refractivity contribution is -0.129. The van der Waals surface area contributed by atoms with Crippen molar-refractivity contribution in [3.63, 3.8) is 0 Å². The molecule has 3 nitrogen and oxygen atoms in total. The Balaban J connectivity index is 2.48. The molecule has 3 heteroatoms. The average Bonchev–Trinajstić information content (AvgIpc) is 2.48. The minimum atomic E-state index is -0.975. The second-order valence-corrected chi connectivity index (χ2v) is 3.09. The molecule has 0 radical (unpaired) electrons. The molecule has 0 spiro atoms. The summed E-state index contributed by atoms with van der Waals surface area (Å²) in [4.78, 5) is 14.8. The van der Waals surface area contributed by atoms with Crippen LogP contribution in [0.5, 0.6) is 0 Å². The molecule has 1 heterocycles. The van der Waals surface area contributed by atoms with Crippen molar-refractivity contribution in [3.05, 3.63) is 47.7 Å². The molecule has 2 aliphatic rings. The highest BCUT2D eigenvalue weighted by Gasteiger charge is 2.17. The first-order valence-electron chi connectivity index (χ1n) is 4.32. The summed E-state index contributed by atoms with van der Waals surface area (Å²) in [6.45, 7) is 0. The first-order chi connectivity index (χ1) is 6.77. The van der Waals surface area contributed by atoms with Gasteiger partial charge in [-0.1, -0.05) is 24.3 Å². The Bertz CT molecular complexity index is 423. The van der Waals surface area contributed by atoms with Gasteiger partial charge in [-0.05, 0) is 23.6 Å². The molecule has 0 aromatic carbocycles. The van der Waals surface area contributed by atoms with Gasteiger partial charge in [-0.2, -0.15) is 0 Å². The fraction of sp³-hybridized carbons (Fsp3) is 0.0909. The van der Waals surface area contributed by atoms with Crippen molar-refractivity contribution in [3.8, 4) is 0 Å². The van der Waals surface area contributed by atoms with E-state index in [1.54, 1.807) is 6.08 Å². The van der Waals surface area contributed by atoms with Crippen molar-refractivity contribution >= 4 is 11.7 Å². The highest BCUT2D eigenvalue weighted by atomic mass is 16.4. The van der Waals surface area contributed by atoms with Crippen LogP contribution < -0.4 is 0 Å². The molecule has 0 aromatic heterocycles. The van der Waals surface area contributed by atoms with E-state index in [0.29, 0.717) is 6.42 Å². The topological polar surface area (TPSA) is 49.7 Å². The quantitative estimate of drug-likeness (QED) is 0.681. The van der Waals surface area contributed by atoms with Gasteiger partial charge in [0.05, 0.1) is 0 Å². The molecular weight excluding hydrogens is 178 g/mol. The Morgan fingerprint density at radius 1 is 1.36 bits per heavy atom. The summed E-state index contributed by atoms with van der Waals surface area (Å²) in [5, 5.41) is 8.92. The normalized spacial score (nSPS) is 19.0. The van der Waals surface area contributed by atoms with Crippen LogP contribution in [0.4, 0.5) is 0 Å². The largest absolute Gasteiger partial charge is 0.477 e. The van der Waals surface area contributed by atoms with Gasteiger partial charge < -0.3 is 5.11 Å². The van der Waals surface area contributed by atoms with Crippen LogP contribution in [-0.4, -0.2) is 16.8 Å². The molecular formula is C11H9NO2. The van der Waals surface area contributed by atoms with E-state index in [1.807, 2.05) is 24.3 Å². The van der Waals surface area contributed by atoms with Crippen molar-refractivity contribution in [2.24, 2.45) is 4.99 Å². The predicted octanol–water partition coefficient (Wildman–Crippen LogP) is 1.85. The third-order valence-corrected chi connectivity index (χ3v) is 2.11. The third kappa shape index (κ3) is 1.57. The Hall–Kier alpha value is -1.90. The molecule has 0 unspecified atom stereocenters. The zero-order chi connectivity index (χ0) is 9.97. The van der Waals surface area contributed by atoms with Crippen molar-refractivity contribution in [2.75, 3.05) is 0 Å². The molecule has 0 fully saturated rings. The summed E-state index contributed by atoms with van der Waals surface area (Å²) < 4.78 is 0. The van der Waals surface area contributed by atoms with E-state index in [9.17, 15) is 4.79 Å². The lowest BCUT2D eigenvalue weighted by Gasteiger charge is -2.02. The molecule has 70 valence electrons. The number of nitrogens with zero attached hydrogens (tertiary/aromatic N) is 1. The zero-order valence-corrected chi connectivity index (χ0v) is 7.47. The van der Waals surface area contributed by atoms with E-state index < -0.39 is 5.97 Å². The van der Waals surface area contributed by atoms with E-state index >= 15 is 0 Å². The van der Waals surface area contributed by atoms with Gasteiger partial charge in [0.25, 0.3) is 0 Å². The zero-order valence-electron chi connectivity index (χ0n) is 7.47. The fourth-order valence-corrected chi connectivity index (χ4v) is 1.45. The first-order valence-corrected chi connectivity index (χ1v) is 4.32. The molecule has 1 aliphatic carbocycles. The van der Waals surface area contributed by atoms with Crippen LogP contribution >= 0.6 is 0 Å². The van der Waals surface area contributed by atoms with Crippen LogP contribution in [0.1, 0.15) is 6.42 Å². The maximum absolute atomic E-state index is 10.9. The van der Waals surface area contributed by atoms with Crippen molar-refractivity contribution in [1.82, 2.24) is 0 Å². The predicted molar refractivity (Wildman–Crippen MR) is 54.1 cm³/mol. The number of carboxylic acid groups (broad SMARTS) is 1. The molecule has 1 aliphatic heterocycles. The number of aliphatic imine (C=N–C) groups is 1. The number of carbonyl (C=O) groups is 1. The van der Waals surface area contributed by atoms with Gasteiger partial charge in [0, 0.05) is 6.20 Å². The van der Waals surface area contributed by atoms with E-state index in [1.165, 1.54) is 6.20 Å². The first kappa shape index (κ1) is 8.69. The number of rotatable bonds is 1. The lowest BCUT2D eigenvalue weighted by Crippen LogP contribution is -2.15. The van der Waals surface area contributed by atoms with Crippen LogP contribution in [-0.2, 0) is 4.79 Å². The van der Waals surface area contributed by atoms with Crippen molar-refractivity contribution in [1.29, 1.82) is 0 Å². The van der Waals surface area contributed by atoms with Gasteiger partial charge in [0.1, 0.15) is 0 Å². The van der Waals surface area contributed by atoms with Crippen LogP contribution in [0, 0.1) is 0 Å². The Morgan fingerprint density at radius 2 is 2.14 bits per heavy atom. The summed E-state index contributed by atoms with van der Waals surface area (Å²) in [6.07, 6.45) is 11.5. The second kappa shape index (κ2) is 3.46. The average molecular weight is 187 g/mol. The maximum atomic E-state index is 10.9. The standard InChI is InChI=1S/C11H9NO2/c13-11(14)10-9-4-2-1-3-8(7-9)5-6-12-10/h1-6H,7H2,(H,13,14). The summed E-state index contributed by atoms with van der Waals surface area (Å²) in [5.41, 5.74) is 1.96. The summed E-state index contributed by atoms with van der Waals surface area (Å²) in [7, 11) is 0. The van der Waals surface area contributed by atoms with E-state index in [0.717, 1.165) is 11.1 Å². The van der Waals surface area contributed by atoms with Gasteiger partial charge in [0.2, 0.25) is 0 Å². The highest BCUT2D eigenvalue weighted by Crippen LogP contribution is 2.20. The molecule has 0 aromatic rings. The maximum Gasteiger partial charge on any atom is 0.354 e. The van der Waals surface area contributed by atoms with Gasteiger partial charge >= 0.3 is 5.97 Å². The van der Waals surface area contributed by atoms with Gasteiger partial charge in [0.15, 0.2) is 5.71 Å². The van der Waals surface area contributed by atoms with E-state index in [2.05, 4.69) is 4.99 Å². The van der Waals surface area contributed by atoms with Crippen LogP contribution in [0.2, 0.25) is 0 Å². The van der Waals surface area contributed by atoms with Crippen LogP contribution in [0.25, 0.3) is 0 Å². The van der Waals surface area contributed by atoms with Gasteiger partial charge in [-0.25, -0.2) is 9.79 Å². The minimum Gasteiger partial charge on any atom is -0.477 e. The van der Waals surface area contributed by atoms with Crippen LogP contribution in [0.3, 0.4) is 0 Å². The number of allylic oxidation sites excluding steroid dienone is 6. The van der Waals surface area contributed by atoms with E-state index in [4.69, 9.17) is 5.11 Å². The summed E-state index contributed by atoms with van der Waals surface area (Å²) in [5.74, 6) is -0.975. The fourth-order valence-electron chi connectivity index (χ4n) is 1.45. The molecule has 1 N–H and O–H groups in total. The molecule has 0 amide bonds.